The lowest BCUT2D eigenvalue weighted by Gasteiger charge is -2.10. The minimum absolute atomic E-state index is 0.353. The second-order valence-electron chi connectivity index (χ2n) is 4.25. The third-order valence-electron chi connectivity index (χ3n) is 2.81. The van der Waals surface area contributed by atoms with E-state index in [9.17, 15) is 22.4 Å². The number of benzene rings is 2. The van der Waals surface area contributed by atoms with Crippen molar-refractivity contribution in [1.29, 1.82) is 5.26 Å². The predicted octanol–water partition coefficient (Wildman–Crippen LogP) is 3.73. The smallest absolute Gasteiger partial charge is 0.184 e. The summed E-state index contributed by atoms with van der Waals surface area (Å²) in [6.07, 6.45) is 0. The van der Waals surface area contributed by atoms with Crippen LogP contribution in [0.3, 0.4) is 0 Å². The molecule has 0 aliphatic carbocycles. The summed E-state index contributed by atoms with van der Waals surface area (Å²) < 4.78 is 52.7. The fourth-order valence-corrected chi connectivity index (χ4v) is 1.87. The average molecular weight is 293 g/mol. The molecule has 0 saturated carbocycles. The van der Waals surface area contributed by atoms with Crippen LogP contribution in [-0.4, -0.2) is 5.78 Å². The first-order valence-corrected chi connectivity index (χ1v) is 5.77. The van der Waals surface area contributed by atoms with Gasteiger partial charge >= 0.3 is 0 Å². The van der Waals surface area contributed by atoms with E-state index >= 15 is 0 Å². The lowest BCUT2D eigenvalue weighted by atomic mass is 9.91. The van der Waals surface area contributed by atoms with Crippen molar-refractivity contribution >= 4 is 5.78 Å². The quantitative estimate of drug-likeness (QED) is 0.639. The Hall–Kier alpha value is -2.68. The van der Waals surface area contributed by atoms with Gasteiger partial charge in [-0.05, 0) is 18.2 Å². The third-order valence-corrected chi connectivity index (χ3v) is 2.81. The van der Waals surface area contributed by atoms with Crippen molar-refractivity contribution in [1.82, 2.24) is 0 Å². The van der Waals surface area contributed by atoms with Gasteiger partial charge in [-0.2, -0.15) is 5.26 Å². The highest BCUT2D eigenvalue weighted by Crippen LogP contribution is 2.24. The topological polar surface area (TPSA) is 40.9 Å². The zero-order chi connectivity index (χ0) is 15.6. The van der Waals surface area contributed by atoms with E-state index in [1.807, 2.05) is 0 Å². The van der Waals surface area contributed by atoms with Crippen LogP contribution < -0.4 is 0 Å². The molecule has 0 fully saturated rings. The summed E-state index contributed by atoms with van der Waals surface area (Å²) in [5.74, 6) is -6.51. The second-order valence-corrected chi connectivity index (χ2v) is 4.25. The van der Waals surface area contributed by atoms with Gasteiger partial charge in [0, 0.05) is 23.3 Å². The van der Waals surface area contributed by atoms with Crippen LogP contribution in [0.2, 0.25) is 0 Å². The van der Waals surface area contributed by atoms with Crippen molar-refractivity contribution < 1.29 is 22.4 Å². The second kappa shape index (κ2) is 5.75. The molecule has 0 saturated heterocycles. The van der Waals surface area contributed by atoms with Gasteiger partial charge in [-0.15, -0.1) is 0 Å². The SMILES string of the molecule is N#CC(C(=O)c1cc(F)cc(F)c1)c1ccc(F)cc1F. The van der Waals surface area contributed by atoms with E-state index in [2.05, 4.69) is 0 Å². The molecular formula is C15H7F4NO. The van der Waals surface area contributed by atoms with E-state index in [-0.39, 0.29) is 5.56 Å². The maximum absolute atomic E-state index is 13.6. The minimum atomic E-state index is -1.62. The molecule has 0 amide bonds. The summed E-state index contributed by atoms with van der Waals surface area (Å²) in [4.78, 5) is 12.1. The standard InChI is InChI=1S/C15H7F4NO/c16-9-1-2-12(14(19)6-9)13(7-20)15(21)8-3-10(17)5-11(18)4-8/h1-6,13H. The van der Waals surface area contributed by atoms with Crippen LogP contribution in [0, 0.1) is 34.6 Å². The van der Waals surface area contributed by atoms with E-state index in [1.54, 1.807) is 6.07 Å². The van der Waals surface area contributed by atoms with Gasteiger partial charge in [0.05, 0.1) is 6.07 Å². The summed E-state index contributed by atoms with van der Waals surface area (Å²) in [5, 5.41) is 9.02. The Bertz CT molecular complexity index is 732. The lowest BCUT2D eigenvalue weighted by molar-refractivity contribution is 0.0976. The number of rotatable bonds is 3. The largest absolute Gasteiger partial charge is 0.292 e. The van der Waals surface area contributed by atoms with E-state index < -0.39 is 40.5 Å². The normalized spacial score (nSPS) is 11.8. The fraction of sp³-hybridized carbons (Fsp3) is 0.0667. The average Bonchev–Trinajstić information content (AvgIpc) is 2.40. The summed E-state index contributed by atoms with van der Waals surface area (Å²) in [6.45, 7) is 0. The first kappa shape index (κ1) is 14.7. The summed E-state index contributed by atoms with van der Waals surface area (Å²) in [6, 6.07) is 5.99. The molecule has 0 aliphatic heterocycles. The van der Waals surface area contributed by atoms with Crippen LogP contribution in [0.1, 0.15) is 21.8 Å². The molecule has 2 aromatic rings. The van der Waals surface area contributed by atoms with Crippen molar-refractivity contribution in [2.75, 3.05) is 0 Å². The molecule has 0 aliphatic rings. The van der Waals surface area contributed by atoms with Gasteiger partial charge in [0.15, 0.2) is 5.78 Å². The van der Waals surface area contributed by atoms with Crippen molar-refractivity contribution in [3.63, 3.8) is 0 Å². The highest BCUT2D eigenvalue weighted by atomic mass is 19.1. The van der Waals surface area contributed by atoms with Gasteiger partial charge in [-0.3, -0.25) is 4.79 Å². The first-order valence-electron chi connectivity index (χ1n) is 5.77. The Morgan fingerprint density at radius 3 is 2.10 bits per heavy atom. The van der Waals surface area contributed by atoms with Gasteiger partial charge < -0.3 is 0 Å². The molecule has 2 nitrogen and oxygen atoms in total. The number of nitrogens with zero attached hydrogens (tertiary/aromatic N) is 1. The Morgan fingerprint density at radius 1 is 0.952 bits per heavy atom. The van der Waals surface area contributed by atoms with Gasteiger partial charge in [0.25, 0.3) is 0 Å². The fourth-order valence-electron chi connectivity index (χ4n) is 1.87. The van der Waals surface area contributed by atoms with Crippen LogP contribution in [0.15, 0.2) is 36.4 Å². The molecule has 0 spiro atoms. The molecule has 0 heterocycles. The molecule has 2 rings (SSSR count). The molecule has 0 N–H and O–H groups in total. The summed E-state index contributed by atoms with van der Waals surface area (Å²) in [7, 11) is 0. The number of ketones is 1. The molecule has 1 unspecified atom stereocenters. The molecule has 6 heteroatoms. The third kappa shape index (κ3) is 3.08. The molecule has 1 atom stereocenters. The number of carbonyl (C=O) groups excluding carboxylic acids is 1. The van der Waals surface area contributed by atoms with Gasteiger partial charge in [0.2, 0.25) is 0 Å². The molecule has 2 aromatic carbocycles. The maximum atomic E-state index is 13.6. The number of carbonyl (C=O) groups is 1. The Labute approximate surface area is 117 Å². The Kier molecular flexibility index (Phi) is 4.03. The van der Waals surface area contributed by atoms with E-state index in [0.29, 0.717) is 12.1 Å². The maximum Gasteiger partial charge on any atom is 0.184 e. The van der Waals surface area contributed by atoms with Crippen LogP contribution in [-0.2, 0) is 0 Å². The van der Waals surface area contributed by atoms with Gasteiger partial charge in [0.1, 0.15) is 29.2 Å². The monoisotopic (exact) mass is 293 g/mol. The van der Waals surface area contributed by atoms with Crippen LogP contribution in [0.5, 0.6) is 0 Å². The number of hydrogen-bond acceptors (Lipinski definition) is 2. The van der Waals surface area contributed by atoms with Crippen LogP contribution >= 0.6 is 0 Å². The van der Waals surface area contributed by atoms with Crippen molar-refractivity contribution in [3.8, 4) is 6.07 Å². The zero-order valence-corrected chi connectivity index (χ0v) is 10.4. The molecule has 0 aromatic heterocycles. The number of nitriles is 1. The number of hydrogen-bond donors (Lipinski definition) is 0. The van der Waals surface area contributed by atoms with Crippen molar-refractivity contribution in [3.05, 3.63) is 70.8 Å². The molecule has 0 bridgehead atoms. The zero-order valence-electron chi connectivity index (χ0n) is 10.4. The number of Topliss-reactive ketones (excluding diaryl/α,β-unsaturated/α-hetero) is 1. The summed E-state index contributed by atoms with van der Waals surface area (Å²) >= 11 is 0. The lowest BCUT2D eigenvalue weighted by Crippen LogP contribution is -2.13. The first-order chi connectivity index (χ1) is 9.92. The molecule has 106 valence electrons. The highest BCUT2D eigenvalue weighted by molar-refractivity contribution is 6.02. The Morgan fingerprint density at radius 2 is 1.57 bits per heavy atom. The van der Waals surface area contributed by atoms with Crippen molar-refractivity contribution in [2.24, 2.45) is 0 Å². The van der Waals surface area contributed by atoms with Gasteiger partial charge in [-0.1, -0.05) is 6.07 Å². The van der Waals surface area contributed by atoms with E-state index in [1.165, 1.54) is 0 Å². The van der Waals surface area contributed by atoms with Crippen LogP contribution in [0.25, 0.3) is 0 Å². The Balaban J connectivity index is 2.46. The van der Waals surface area contributed by atoms with Crippen molar-refractivity contribution in [2.45, 2.75) is 5.92 Å². The molecular weight excluding hydrogens is 286 g/mol. The molecule has 0 radical (unpaired) electrons. The van der Waals surface area contributed by atoms with Crippen LogP contribution in [0.4, 0.5) is 17.6 Å². The highest BCUT2D eigenvalue weighted by Gasteiger charge is 2.25. The molecule has 21 heavy (non-hydrogen) atoms. The van der Waals surface area contributed by atoms with E-state index in [4.69, 9.17) is 5.26 Å². The minimum Gasteiger partial charge on any atom is -0.292 e. The predicted molar refractivity (Wildman–Crippen MR) is 65.4 cm³/mol. The van der Waals surface area contributed by atoms with Gasteiger partial charge in [-0.25, -0.2) is 17.6 Å². The summed E-state index contributed by atoms with van der Waals surface area (Å²) in [5.41, 5.74) is -0.753. The number of halogens is 4. The van der Waals surface area contributed by atoms with E-state index in [0.717, 1.165) is 24.3 Å².